The summed E-state index contributed by atoms with van der Waals surface area (Å²) in [7, 11) is -4.13. The van der Waals surface area contributed by atoms with Gasteiger partial charge in [-0.15, -0.1) is 0 Å². The average molecular weight is 335 g/mol. The van der Waals surface area contributed by atoms with Crippen molar-refractivity contribution in [2.24, 2.45) is 17.2 Å². The SMILES string of the molecule is NCc1ccc(S(=O)(=O)N(CC(N)=O)CC(N)=O)cc1Cl. The zero-order valence-electron chi connectivity index (χ0n) is 11.0. The van der Waals surface area contributed by atoms with Gasteiger partial charge in [-0.25, -0.2) is 8.42 Å². The van der Waals surface area contributed by atoms with Crippen molar-refractivity contribution in [2.75, 3.05) is 13.1 Å². The van der Waals surface area contributed by atoms with Crippen molar-refractivity contribution in [1.29, 1.82) is 0 Å². The summed E-state index contributed by atoms with van der Waals surface area (Å²) in [6.07, 6.45) is 0. The smallest absolute Gasteiger partial charge is 0.244 e. The van der Waals surface area contributed by atoms with Crippen LogP contribution in [0.4, 0.5) is 0 Å². The van der Waals surface area contributed by atoms with Crippen LogP contribution in [0.2, 0.25) is 5.02 Å². The van der Waals surface area contributed by atoms with Gasteiger partial charge in [0.1, 0.15) is 0 Å². The Hall–Kier alpha value is -1.68. The number of hydrogen-bond acceptors (Lipinski definition) is 5. The fourth-order valence-electron chi connectivity index (χ4n) is 1.58. The minimum Gasteiger partial charge on any atom is -0.369 e. The Bertz CT molecular complexity index is 646. The van der Waals surface area contributed by atoms with Crippen molar-refractivity contribution < 1.29 is 18.0 Å². The number of carbonyl (C=O) groups is 2. The third kappa shape index (κ3) is 4.39. The van der Waals surface area contributed by atoms with Gasteiger partial charge in [0.25, 0.3) is 0 Å². The van der Waals surface area contributed by atoms with Gasteiger partial charge in [0.2, 0.25) is 21.8 Å². The number of halogens is 1. The van der Waals surface area contributed by atoms with Gasteiger partial charge in [0.05, 0.1) is 18.0 Å². The van der Waals surface area contributed by atoms with Crippen LogP contribution in [0.15, 0.2) is 23.1 Å². The first-order valence-electron chi connectivity index (χ1n) is 5.73. The molecular weight excluding hydrogens is 320 g/mol. The topological polar surface area (TPSA) is 150 Å². The van der Waals surface area contributed by atoms with Crippen LogP contribution >= 0.6 is 11.6 Å². The molecule has 2 amide bonds. The second kappa shape index (κ2) is 6.85. The van der Waals surface area contributed by atoms with E-state index in [0.717, 1.165) is 0 Å². The van der Waals surface area contributed by atoms with Crippen LogP contribution in [0.25, 0.3) is 0 Å². The van der Waals surface area contributed by atoms with Crippen molar-refractivity contribution in [1.82, 2.24) is 4.31 Å². The highest BCUT2D eigenvalue weighted by atomic mass is 35.5. The lowest BCUT2D eigenvalue weighted by Crippen LogP contribution is -2.43. The fourth-order valence-corrected chi connectivity index (χ4v) is 3.30. The summed E-state index contributed by atoms with van der Waals surface area (Å²) >= 11 is 5.91. The van der Waals surface area contributed by atoms with Gasteiger partial charge in [-0.1, -0.05) is 17.7 Å². The Morgan fingerprint density at radius 2 is 1.67 bits per heavy atom. The van der Waals surface area contributed by atoms with Crippen molar-refractivity contribution in [3.63, 3.8) is 0 Å². The zero-order chi connectivity index (χ0) is 16.2. The average Bonchev–Trinajstić information content (AvgIpc) is 2.36. The Kier molecular flexibility index (Phi) is 5.67. The van der Waals surface area contributed by atoms with E-state index in [4.69, 9.17) is 28.8 Å². The third-order valence-electron chi connectivity index (χ3n) is 2.55. The lowest BCUT2D eigenvalue weighted by molar-refractivity contribution is -0.120. The predicted octanol–water partition coefficient (Wildman–Crippen LogP) is -1.24. The minimum atomic E-state index is -4.13. The molecule has 0 bridgehead atoms. The number of sulfonamides is 1. The first-order valence-corrected chi connectivity index (χ1v) is 7.55. The fraction of sp³-hybridized carbons (Fsp3) is 0.273. The number of nitrogens with two attached hydrogens (primary N) is 3. The van der Waals surface area contributed by atoms with E-state index >= 15 is 0 Å². The van der Waals surface area contributed by atoms with E-state index in [1.165, 1.54) is 18.2 Å². The monoisotopic (exact) mass is 334 g/mol. The first-order chi connectivity index (χ1) is 9.68. The second-order valence-corrected chi connectivity index (χ2v) is 6.51. The molecule has 0 fully saturated rings. The first kappa shape index (κ1) is 17.4. The van der Waals surface area contributed by atoms with E-state index in [9.17, 15) is 18.0 Å². The molecule has 0 aliphatic heterocycles. The molecule has 21 heavy (non-hydrogen) atoms. The van der Waals surface area contributed by atoms with Crippen LogP contribution < -0.4 is 17.2 Å². The molecule has 1 aromatic rings. The van der Waals surface area contributed by atoms with Crippen LogP contribution in [0.3, 0.4) is 0 Å². The summed E-state index contributed by atoms with van der Waals surface area (Å²) in [6.45, 7) is -1.19. The molecule has 0 saturated heterocycles. The third-order valence-corrected chi connectivity index (χ3v) is 4.69. The maximum Gasteiger partial charge on any atom is 0.244 e. The standard InChI is InChI=1S/C11H15ClN4O4S/c12-9-3-8(2-1-7(9)4-13)21(19,20)16(5-10(14)17)6-11(15)18/h1-3H,4-6,13H2,(H2,14,17)(H2,15,18). The molecule has 0 spiro atoms. The van der Waals surface area contributed by atoms with E-state index in [1.807, 2.05) is 0 Å². The molecule has 8 nitrogen and oxygen atoms in total. The van der Waals surface area contributed by atoms with Crippen molar-refractivity contribution in [3.05, 3.63) is 28.8 Å². The van der Waals surface area contributed by atoms with Crippen molar-refractivity contribution in [2.45, 2.75) is 11.4 Å². The Balaban J connectivity index is 3.24. The summed E-state index contributed by atoms with van der Waals surface area (Å²) in [5.74, 6) is -1.82. The molecule has 0 radical (unpaired) electrons. The van der Waals surface area contributed by atoms with Crippen LogP contribution in [0, 0.1) is 0 Å². The largest absolute Gasteiger partial charge is 0.369 e. The van der Waals surface area contributed by atoms with Gasteiger partial charge in [-0.05, 0) is 17.7 Å². The molecule has 0 saturated carbocycles. The van der Waals surface area contributed by atoms with Crippen LogP contribution in [-0.4, -0.2) is 37.6 Å². The molecule has 0 aliphatic rings. The molecule has 1 aromatic carbocycles. The highest BCUT2D eigenvalue weighted by Gasteiger charge is 2.27. The summed E-state index contributed by atoms with van der Waals surface area (Å²) in [5, 5.41) is 0.164. The van der Waals surface area contributed by atoms with E-state index in [0.29, 0.717) is 9.87 Å². The number of carbonyl (C=O) groups excluding carboxylic acids is 2. The maximum atomic E-state index is 12.4. The lowest BCUT2D eigenvalue weighted by Gasteiger charge is -2.19. The van der Waals surface area contributed by atoms with Crippen LogP contribution in [-0.2, 0) is 26.2 Å². The highest BCUT2D eigenvalue weighted by Crippen LogP contribution is 2.23. The van der Waals surface area contributed by atoms with Gasteiger partial charge in [0, 0.05) is 11.6 Å². The van der Waals surface area contributed by atoms with Crippen LogP contribution in [0.5, 0.6) is 0 Å². The lowest BCUT2D eigenvalue weighted by atomic mass is 10.2. The molecular formula is C11H15ClN4O4S. The van der Waals surface area contributed by atoms with E-state index in [-0.39, 0.29) is 16.5 Å². The minimum absolute atomic E-state index is 0.144. The molecule has 116 valence electrons. The van der Waals surface area contributed by atoms with E-state index in [1.54, 1.807) is 0 Å². The van der Waals surface area contributed by atoms with Gasteiger partial charge < -0.3 is 17.2 Å². The van der Waals surface area contributed by atoms with E-state index < -0.39 is 34.9 Å². The normalized spacial score (nSPS) is 11.6. The zero-order valence-corrected chi connectivity index (χ0v) is 12.5. The number of rotatable bonds is 7. The van der Waals surface area contributed by atoms with Crippen LogP contribution in [0.1, 0.15) is 5.56 Å². The molecule has 0 heterocycles. The maximum absolute atomic E-state index is 12.4. The Morgan fingerprint density at radius 1 is 1.14 bits per heavy atom. The number of nitrogens with zero attached hydrogens (tertiary/aromatic N) is 1. The molecule has 1 rings (SSSR count). The van der Waals surface area contributed by atoms with Gasteiger partial charge in [-0.2, -0.15) is 4.31 Å². The quantitative estimate of drug-likeness (QED) is 0.570. The molecule has 0 aliphatic carbocycles. The Labute approximate surface area is 126 Å². The summed E-state index contributed by atoms with van der Waals surface area (Å²) < 4.78 is 25.3. The second-order valence-electron chi connectivity index (χ2n) is 4.16. The number of amides is 2. The molecule has 6 N–H and O–H groups in total. The van der Waals surface area contributed by atoms with E-state index in [2.05, 4.69) is 0 Å². The van der Waals surface area contributed by atoms with Crippen molar-refractivity contribution >= 4 is 33.4 Å². The number of benzene rings is 1. The summed E-state index contributed by atoms with van der Waals surface area (Å²) in [5.41, 5.74) is 16.0. The number of hydrogen-bond donors (Lipinski definition) is 3. The molecule has 0 aromatic heterocycles. The highest BCUT2D eigenvalue weighted by molar-refractivity contribution is 7.89. The predicted molar refractivity (Wildman–Crippen MR) is 76.5 cm³/mol. The molecule has 0 unspecified atom stereocenters. The molecule has 10 heteroatoms. The number of primary amides is 2. The summed E-state index contributed by atoms with van der Waals surface area (Å²) in [4.78, 5) is 21.7. The van der Waals surface area contributed by atoms with Gasteiger partial charge >= 0.3 is 0 Å². The Morgan fingerprint density at radius 3 is 2.05 bits per heavy atom. The van der Waals surface area contributed by atoms with Gasteiger partial charge in [-0.3, -0.25) is 9.59 Å². The molecule has 0 atom stereocenters. The van der Waals surface area contributed by atoms with Crippen molar-refractivity contribution in [3.8, 4) is 0 Å². The van der Waals surface area contributed by atoms with Gasteiger partial charge in [0.15, 0.2) is 0 Å². The summed E-state index contributed by atoms with van der Waals surface area (Å²) in [6, 6.07) is 3.91.